The first-order valence-electron chi connectivity index (χ1n) is 7.31. The first-order chi connectivity index (χ1) is 10.6. The topological polar surface area (TPSA) is 47.7 Å². The molecular weight excluding hydrogens is 300 g/mol. The minimum atomic E-state index is 0.145. The fraction of sp³-hybridized carbons (Fsp3) is 0.294. The molecule has 0 spiro atoms. The van der Waals surface area contributed by atoms with E-state index in [1.165, 1.54) is 0 Å². The maximum atomic E-state index is 5.89. The van der Waals surface area contributed by atoms with Gasteiger partial charge >= 0.3 is 0 Å². The van der Waals surface area contributed by atoms with Gasteiger partial charge in [0.15, 0.2) is 0 Å². The number of nitrogens with two attached hydrogens (primary N) is 1. The molecule has 1 aliphatic heterocycles. The maximum Gasteiger partial charge on any atom is 0.143 e. The fourth-order valence-electron chi connectivity index (χ4n) is 2.56. The molecule has 0 amide bonds. The van der Waals surface area contributed by atoms with E-state index in [0.717, 1.165) is 36.0 Å². The fourth-order valence-corrected chi connectivity index (χ4v) is 2.69. The Hall–Kier alpha value is -2.07. The monoisotopic (exact) mass is 318 g/mol. The molecule has 0 radical (unpaired) electrons. The van der Waals surface area contributed by atoms with E-state index in [1.807, 2.05) is 42.5 Å². The van der Waals surface area contributed by atoms with Gasteiger partial charge in [-0.05, 0) is 49.4 Å². The molecule has 1 aliphatic rings. The van der Waals surface area contributed by atoms with Crippen LogP contribution < -0.4 is 20.1 Å². The molecule has 0 aromatic heterocycles. The minimum Gasteiger partial charge on any atom is -0.492 e. The third-order valence-corrected chi connectivity index (χ3v) is 3.82. The van der Waals surface area contributed by atoms with E-state index in [0.29, 0.717) is 11.6 Å². The van der Waals surface area contributed by atoms with Gasteiger partial charge in [0, 0.05) is 10.7 Å². The number of benzene rings is 2. The molecule has 1 unspecified atom stereocenters. The molecule has 2 aromatic carbocycles. The van der Waals surface area contributed by atoms with Gasteiger partial charge in [0.2, 0.25) is 0 Å². The summed E-state index contributed by atoms with van der Waals surface area (Å²) in [6.07, 6.45) is 0.145. The van der Waals surface area contributed by atoms with Gasteiger partial charge in [-0.3, -0.25) is 0 Å². The summed E-state index contributed by atoms with van der Waals surface area (Å²) in [5, 5.41) is 0.707. The largest absolute Gasteiger partial charge is 0.492 e. The van der Waals surface area contributed by atoms with Crippen LogP contribution in [0.5, 0.6) is 11.5 Å². The summed E-state index contributed by atoms with van der Waals surface area (Å²) in [4.78, 5) is 2.25. The lowest BCUT2D eigenvalue weighted by Crippen LogP contribution is -2.40. The predicted octanol–water partition coefficient (Wildman–Crippen LogP) is 3.59. The van der Waals surface area contributed by atoms with Gasteiger partial charge < -0.3 is 20.1 Å². The predicted molar refractivity (Wildman–Crippen MR) is 90.1 cm³/mol. The van der Waals surface area contributed by atoms with Gasteiger partial charge in [0.05, 0.1) is 18.8 Å². The lowest BCUT2D eigenvalue weighted by atomic mass is 10.2. The van der Waals surface area contributed by atoms with Crippen LogP contribution in [0.25, 0.3) is 0 Å². The molecule has 1 heterocycles. The molecule has 22 heavy (non-hydrogen) atoms. The van der Waals surface area contributed by atoms with E-state index in [9.17, 15) is 0 Å². The molecule has 2 N–H and O–H groups in total. The highest BCUT2D eigenvalue weighted by Gasteiger charge is 2.22. The number of anilines is 2. The van der Waals surface area contributed by atoms with Crippen molar-refractivity contribution in [1.29, 1.82) is 0 Å². The van der Waals surface area contributed by atoms with E-state index in [2.05, 4.69) is 11.8 Å². The van der Waals surface area contributed by atoms with E-state index in [-0.39, 0.29) is 6.10 Å². The van der Waals surface area contributed by atoms with Crippen LogP contribution in [0.2, 0.25) is 5.02 Å². The third-order valence-electron chi connectivity index (χ3n) is 3.57. The summed E-state index contributed by atoms with van der Waals surface area (Å²) in [7, 11) is 0. The van der Waals surface area contributed by atoms with E-state index >= 15 is 0 Å². The van der Waals surface area contributed by atoms with Crippen molar-refractivity contribution in [2.75, 3.05) is 30.3 Å². The summed E-state index contributed by atoms with van der Waals surface area (Å²) in [6.45, 7) is 4.24. The highest BCUT2D eigenvalue weighted by atomic mass is 35.5. The Labute approximate surface area is 135 Å². The Kier molecular flexibility index (Phi) is 4.29. The first-order valence-corrected chi connectivity index (χ1v) is 7.69. The molecule has 116 valence electrons. The van der Waals surface area contributed by atoms with Gasteiger partial charge in [0.25, 0.3) is 0 Å². The Morgan fingerprint density at radius 1 is 1.27 bits per heavy atom. The lowest BCUT2D eigenvalue weighted by Gasteiger charge is -2.35. The van der Waals surface area contributed by atoms with Crippen molar-refractivity contribution in [3.8, 4) is 11.5 Å². The lowest BCUT2D eigenvalue weighted by molar-refractivity contribution is 0.208. The summed E-state index contributed by atoms with van der Waals surface area (Å²) >= 11 is 5.87. The molecule has 0 saturated carbocycles. The van der Waals surface area contributed by atoms with Crippen LogP contribution in [0, 0.1) is 0 Å². The second kappa shape index (κ2) is 6.36. The molecule has 1 atom stereocenters. The van der Waals surface area contributed by atoms with Crippen LogP contribution in [0.15, 0.2) is 42.5 Å². The summed E-state index contributed by atoms with van der Waals surface area (Å²) in [5.74, 6) is 1.69. The number of halogens is 1. The summed E-state index contributed by atoms with van der Waals surface area (Å²) in [6, 6.07) is 13.1. The Morgan fingerprint density at radius 2 is 2.05 bits per heavy atom. The highest BCUT2D eigenvalue weighted by Crippen LogP contribution is 2.34. The number of fused-ring (bicyclic) bond motifs is 1. The molecule has 3 rings (SSSR count). The number of ether oxygens (including phenoxy) is 2. The Bertz CT molecular complexity index is 646. The van der Waals surface area contributed by atoms with Crippen LogP contribution in [0.4, 0.5) is 11.4 Å². The molecule has 4 nitrogen and oxygen atoms in total. The SMILES string of the molecule is CC1CN(CCOc2ccc(Cl)cc2)c2cc(N)ccc2O1. The van der Waals surface area contributed by atoms with Crippen molar-refractivity contribution in [3.63, 3.8) is 0 Å². The maximum absolute atomic E-state index is 5.89. The van der Waals surface area contributed by atoms with Crippen molar-refractivity contribution in [2.45, 2.75) is 13.0 Å². The van der Waals surface area contributed by atoms with Crippen LogP contribution in [0.3, 0.4) is 0 Å². The smallest absolute Gasteiger partial charge is 0.143 e. The van der Waals surface area contributed by atoms with Crippen LogP contribution >= 0.6 is 11.6 Å². The molecule has 2 aromatic rings. The van der Waals surface area contributed by atoms with Gasteiger partial charge in [-0.15, -0.1) is 0 Å². The van der Waals surface area contributed by atoms with Crippen molar-refractivity contribution in [3.05, 3.63) is 47.5 Å². The number of hydrogen-bond donors (Lipinski definition) is 1. The van der Waals surface area contributed by atoms with Gasteiger partial charge in [0.1, 0.15) is 24.2 Å². The summed E-state index contributed by atoms with van der Waals surface area (Å²) < 4.78 is 11.6. The van der Waals surface area contributed by atoms with Crippen molar-refractivity contribution < 1.29 is 9.47 Å². The Morgan fingerprint density at radius 3 is 2.82 bits per heavy atom. The van der Waals surface area contributed by atoms with Crippen molar-refractivity contribution in [1.82, 2.24) is 0 Å². The molecule has 0 saturated heterocycles. The quantitative estimate of drug-likeness (QED) is 0.875. The Balaban J connectivity index is 1.65. The molecule has 0 fully saturated rings. The number of nitrogens with zero attached hydrogens (tertiary/aromatic N) is 1. The van der Waals surface area contributed by atoms with E-state index in [4.69, 9.17) is 26.8 Å². The molecule has 0 aliphatic carbocycles. The third kappa shape index (κ3) is 3.39. The number of nitrogen functional groups attached to an aromatic ring is 1. The first kappa shape index (κ1) is 14.9. The second-order valence-electron chi connectivity index (χ2n) is 5.40. The van der Waals surface area contributed by atoms with Crippen LogP contribution in [-0.4, -0.2) is 25.8 Å². The van der Waals surface area contributed by atoms with Crippen LogP contribution in [-0.2, 0) is 0 Å². The van der Waals surface area contributed by atoms with E-state index < -0.39 is 0 Å². The van der Waals surface area contributed by atoms with E-state index in [1.54, 1.807) is 0 Å². The molecule has 5 heteroatoms. The van der Waals surface area contributed by atoms with Crippen molar-refractivity contribution in [2.24, 2.45) is 0 Å². The minimum absolute atomic E-state index is 0.145. The molecule has 0 bridgehead atoms. The standard InChI is InChI=1S/C17H19ClN2O2/c1-12-11-20(16-10-14(19)4-7-17(16)22-12)8-9-21-15-5-2-13(18)3-6-15/h2-7,10,12H,8-9,11,19H2,1H3. The zero-order valence-corrected chi connectivity index (χ0v) is 13.2. The normalized spacial score (nSPS) is 16.8. The average molecular weight is 319 g/mol. The van der Waals surface area contributed by atoms with Gasteiger partial charge in [-0.1, -0.05) is 11.6 Å². The average Bonchev–Trinajstić information content (AvgIpc) is 2.50. The highest BCUT2D eigenvalue weighted by molar-refractivity contribution is 6.30. The number of rotatable bonds is 4. The van der Waals surface area contributed by atoms with Gasteiger partial charge in [-0.25, -0.2) is 0 Å². The zero-order chi connectivity index (χ0) is 15.5. The van der Waals surface area contributed by atoms with Crippen molar-refractivity contribution >= 4 is 23.0 Å². The number of hydrogen-bond acceptors (Lipinski definition) is 4. The zero-order valence-electron chi connectivity index (χ0n) is 12.5. The second-order valence-corrected chi connectivity index (χ2v) is 5.84. The molecular formula is C17H19ClN2O2. The van der Waals surface area contributed by atoms with Crippen LogP contribution in [0.1, 0.15) is 6.92 Å². The summed E-state index contributed by atoms with van der Waals surface area (Å²) in [5.41, 5.74) is 7.65. The van der Waals surface area contributed by atoms with Gasteiger partial charge in [-0.2, -0.15) is 0 Å².